The van der Waals surface area contributed by atoms with Crippen LogP contribution in [0.1, 0.15) is 5.56 Å². The summed E-state index contributed by atoms with van der Waals surface area (Å²) >= 11 is 0. The summed E-state index contributed by atoms with van der Waals surface area (Å²) < 4.78 is 71.6. The van der Waals surface area contributed by atoms with E-state index in [1.165, 1.54) is 42.6 Å². The summed E-state index contributed by atoms with van der Waals surface area (Å²) in [4.78, 5) is 6.43. The minimum Gasteiger partial charge on any atom is -0.439 e. The molecule has 0 aliphatic heterocycles. The fraction of sp³-hybridized carbons (Fsp3) is 0.0588. The molecule has 3 rings (SSSR count). The molecule has 3 aromatic rings. The van der Waals surface area contributed by atoms with Crippen LogP contribution in [0.25, 0.3) is 0 Å². The van der Waals surface area contributed by atoms with Crippen LogP contribution in [0.15, 0.2) is 42.6 Å². The van der Waals surface area contributed by atoms with Gasteiger partial charge in [0.2, 0.25) is 17.5 Å². The Morgan fingerprint density at radius 3 is 2.27 bits per heavy atom. The number of ether oxygens (including phenoxy) is 1. The average molecular weight is 367 g/mol. The third-order valence-corrected chi connectivity index (χ3v) is 3.28. The zero-order valence-electron chi connectivity index (χ0n) is 12.9. The van der Waals surface area contributed by atoms with E-state index in [0.717, 1.165) is 0 Å². The van der Waals surface area contributed by atoms with Gasteiger partial charge in [-0.3, -0.25) is 0 Å². The minimum absolute atomic E-state index is 0.163. The molecule has 0 saturated heterocycles. The lowest BCUT2D eigenvalue weighted by Gasteiger charge is -2.10. The zero-order valence-corrected chi connectivity index (χ0v) is 12.9. The van der Waals surface area contributed by atoms with Gasteiger partial charge in [-0.15, -0.1) is 0 Å². The van der Waals surface area contributed by atoms with Crippen LogP contribution in [0.3, 0.4) is 0 Å². The van der Waals surface area contributed by atoms with Crippen molar-refractivity contribution in [1.82, 2.24) is 9.97 Å². The summed E-state index contributed by atoms with van der Waals surface area (Å²) in [7, 11) is 0. The first-order valence-corrected chi connectivity index (χ1v) is 7.26. The number of halogens is 5. The van der Waals surface area contributed by atoms with E-state index in [9.17, 15) is 22.0 Å². The van der Waals surface area contributed by atoms with Crippen LogP contribution in [0.5, 0.6) is 11.6 Å². The molecule has 0 spiro atoms. The third kappa shape index (κ3) is 3.88. The van der Waals surface area contributed by atoms with Crippen molar-refractivity contribution in [3.8, 4) is 11.6 Å². The van der Waals surface area contributed by atoms with Crippen LogP contribution in [0.2, 0.25) is 0 Å². The molecule has 9 heteroatoms. The maximum Gasteiger partial charge on any atom is 0.253 e. The molecule has 1 aromatic carbocycles. The van der Waals surface area contributed by atoms with E-state index in [-0.39, 0.29) is 18.2 Å². The van der Waals surface area contributed by atoms with Gasteiger partial charge in [0.25, 0.3) is 11.9 Å². The summed E-state index contributed by atoms with van der Waals surface area (Å²) in [5.41, 5.74) is -0.511. The number of nitrogens with zero attached hydrogens (tertiary/aromatic N) is 2. The molecular formula is C17H10F5N3O. The number of aromatic nitrogens is 2. The van der Waals surface area contributed by atoms with E-state index in [0.29, 0.717) is 5.56 Å². The number of benzene rings is 1. The van der Waals surface area contributed by atoms with Gasteiger partial charge in [0.15, 0.2) is 0 Å². The second kappa shape index (κ2) is 7.34. The number of hydrogen-bond donors (Lipinski definition) is 1. The van der Waals surface area contributed by atoms with Gasteiger partial charge in [-0.25, -0.2) is 9.37 Å². The first-order chi connectivity index (χ1) is 12.4. The van der Waals surface area contributed by atoms with E-state index >= 15 is 0 Å². The van der Waals surface area contributed by atoms with Crippen LogP contribution in [0.4, 0.5) is 27.6 Å². The standard InChI is InChI=1S/C17H10F5N3O/c18-10-2-1-3-11(6-10)26-12-5-4-9(7-23-12)8-24-15-13(19)16(21)25-17(22)14(15)20/h1-7H,8H2,(H,24,25). The molecular weight excluding hydrogens is 357 g/mol. The van der Waals surface area contributed by atoms with E-state index in [1.54, 1.807) is 0 Å². The Labute approximate surface area is 144 Å². The van der Waals surface area contributed by atoms with Crippen LogP contribution in [-0.2, 0) is 6.54 Å². The Morgan fingerprint density at radius 1 is 0.923 bits per heavy atom. The van der Waals surface area contributed by atoms with Crippen molar-refractivity contribution in [2.75, 3.05) is 5.32 Å². The molecule has 1 N–H and O–H groups in total. The van der Waals surface area contributed by atoms with Gasteiger partial charge >= 0.3 is 0 Å². The van der Waals surface area contributed by atoms with Gasteiger partial charge in [-0.1, -0.05) is 12.1 Å². The molecule has 0 atom stereocenters. The molecule has 2 aromatic heterocycles. The van der Waals surface area contributed by atoms with Crippen molar-refractivity contribution in [1.29, 1.82) is 0 Å². The minimum atomic E-state index is -1.75. The topological polar surface area (TPSA) is 47.0 Å². The molecule has 0 amide bonds. The largest absolute Gasteiger partial charge is 0.439 e. The van der Waals surface area contributed by atoms with Crippen LogP contribution < -0.4 is 10.1 Å². The van der Waals surface area contributed by atoms with Gasteiger partial charge in [0, 0.05) is 24.9 Å². The van der Waals surface area contributed by atoms with Crippen molar-refractivity contribution in [2.45, 2.75) is 6.54 Å². The fourth-order valence-corrected chi connectivity index (χ4v) is 2.06. The molecule has 0 saturated carbocycles. The summed E-state index contributed by atoms with van der Waals surface area (Å²) in [6.45, 7) is -0.163. The van der Waals surface area contributed by atoms with Crippen molar-refractivity contribution in [3.05, 3.63) is 77.5 Å². The van der Waals surface area contributed by atoms with Gasteiger partial charge < -0.3 is 10.1 Å². The van der Waals surface area contributed by atoms with Crippen molar-refractivity contribution in [3.63, 3.8) is 0 Å². The summed E-state index contributed by atoms with van der Waals surface area (Å²) in [6.07, 6.45) is 1.32. The first kappa shape index (κ1) is 17.6. The summed E-state index contributed by atoms with van der Waals surface area (Å²) in [5.74, 6) is -6.80. The zero-order chi connectivity index (χ0) is 18.7. The predicted octanol–water partition coefficient (Wildman–Crippen LogP) is 4.58. The molecule has 26 heavy (non-hydrogen) atoms. The van der Waals surface area contributed by atoms with Crippen molar-refractivity contribution < 1.29 is 26.7 Å². The highest BCUT2D eigenvalue weighted by Gasteiger charge is 2.20. The quantitative estimate of drug-likeness (QED) is 0.530. The molecule has 0 fully saturated rings. The number of rotatable bonds is 5. The Morgan fingerprint density at radius 2 is 1.65 bits per heavy atom. The highest BCUT2D eigenvalue weighted by molar-refractivity contribution is 5.45. The van der Waals surface area contributed by atoms with E-state index < -0.39 is 35.0 Å². The number of pyridine rings is 2. The van der Waals surface area contributed by atoms with Gasteiger partial charge in [-0.05, 0) is 17.7 Å². The first-order valence-electron chi connectivity index (χ1n) is 7.26. The summed E-state index contributed by atoms with van der Waals surface area (Å²) in [6, 6.07) is 8.41. The highest BCUT2D eigenvalue weighted by atomic mass is 19.2. The molecule has 0 unspecified atom stereocenters. The van der Waals surface area contributed by atoms with Gasteiger partial charge in [0.1, 0.15) is 17.3 Å². The van der Waals surface area contributed by atoms with Crippen LogP contribution in [0, 0.1) is 29.3 Å². The molecule has 2 heterocycles. The number of hydrogen-bond acceptors (Lipinski definition) is 4. The number of nitrogens with one attached hydrogen (secondary N) is 1. The normalized spacial score (nSPS) is 10.7. The summed E-state index contributed by atoms with van der Waals surface area (Å²) in [5, 5.41) is 2.26. The second-order valence-electron chi connectivity index (χ2n) is 5.11. The van der Waals surface area contributed by atoms with Crippen LogP contribution >= 0.6 is 0 Å². The highest BCUT2D eigenvalue weighted by Crippen LogP contribution is 2.23. The SMILES string of the molecule is Fc1cccc(Oc2ccc(CNc3c(F)c(F)nc(F)c3F)cn2)c1. The maximum atomic E-state index is 13.5. The Kier molecular flexibility index (Phi) is 4.97. The van der Waals surface area contributed by atoms with Gasteiger partial charge in [-0.2, -0.15) is 22.5 Å². The van der Waals surface area contributed by atoms with Crippen molar-refractivity contribution >= 4 is 5.69 Å². The molecule has 4 nitrogen and oxygen atoms in total. The Hall–Kier alpha value is -3.23. The predicted molar refractivity (Wildman–Crippen MR) is 82.1 cm³/mol. The van der Waals surface area contributed by atoms with Gasteiger partial charge in [0.05, 0.1) is 0 Å². The Balaban J connectivity index is 1.69. The molecule has 0 aliphatic carbocycles. The maximum absolute atomic E-state index is 13.5. The smallest absolute Gasteiger partial charge is 0.253 e. The van der Waals surface area contributed by atoms with E-state index in [2.05, 4.69) is 15.3 Å². The molecule has 0 bridgehead atoms. The Bertz CT molecular complexity index is 908. The lowest BCUT2D eigenvalue weighted by Crippen LogP contribution is -2.09. The lowest BCUT2D eigenvalue weighted by atomic mass is 10.2. The third-order valence-electron chi connectivity index (χ3n) is 3.28. The monoisotopic (exact) mass is 367 g/mol. The molecule has 0 aliphatic rings. The fourth-order valence-electron chi connectivity index (χ4n) is 2.06. The molecule has 0 radical (unpaired) electrons. The average Bonchev–Trinajstić information content (AvgIpc) is 2.61. The van der Waals surface area contributed by atoms with E-state index in [4.69, 9.17) is 4.74 Å². The van der Waals surface area contributed by atoms with E-state index in [1.807, 2.05) is 0 Å². The van der Waals surface area contributed by atoms with Crippen molar-refractivity contribution in [2.24, 2.45) is 0 Å². The number of anilines is 1. The lowest BCUT2D eigenvalue weighted by molar-refractivity contribution is 0.410. The molecule has 134 valence electrons. The second-order valence-corrected chi connectivity index (χ2v) is 5.11. The van der Waals surface area contributed by atoms with Crippen LogP contribution in [-0.4, -0.2) is 9.97 Å².